The molecule has 1 N–H and O–H groups in total. The summed E-state index contributed by atoms with van der Waals surface area (Å²) >= 11 is 5.69. The van der Waals surface area contributed by atoms with E-state index in [1.165, 1.54) is 12.4 Å². The molecule has 0 aliphatic carbocycles. The quantitative estimate of drug-likeness (QED) is 0.756. The van der Waals surface area contributed by atoms with Crippen LogP contribution in [0.3, 0.4) is 0 Å². The minimum Gasteiger partial charge on any atom is -0.354 e. The predicted molar refractivity (Wildman–Crippen MR) is 56.9 cm³/mol. The van der Waals surface area contributed by atoms with Crippen LogP contribution in [0.25, 0.3) is 0 Å². The Kier molecular flexibility index (Phi) is 3.01. The van der Waals surface area contributed by atoms with E-state index in [1.807, 2.05) is 4.90 Å². The summed E-state index contributed by atoms with van der Waals surface area (Å²) in [7, 11) is 0. The van der Waals surface area contributed by atoms with Crippen molar-refractivity contribution >= 4 is 23.5 Å². The second kappa shape index (κ2) is 4.44. The molecule has 2 rings (SSSR count). The van der Waals surface area contributed by atoms with E-state index in [9.17, 15) is 4.79 Å². The fourth-order valence-corrected chi connectivity index (χ4v) is 1.54. The summed E-state index contributed by atoms with van der Waals surface area (Å²) in [5.41, 5.74) is 0. The molecule has 1 saturated heterocycles. The highest BCUT2D eigenvalue weighted by molar-refractivity contribution is 6.30. The molecule has 15 heavy (non-hydrogen) atoms. The van der Waals surface area contributed by atoms with Gasteiger partial charge in [-0.25, -0.2) is 9.97 Å². The van der Waals surface area contributed by atoms with Crippen molar-refractivity contribution in [1.82, 2.24) is 15.3 Å². The van der Waals surface area contributed by atoms with Crippen molar-refractivity contribution < 1.29 is 4.79 Å². The standard InChI is InChI=1S/C9H11ClN4O/c10-7-4-12-9(13-5-7)14-3-1-2-11-8(15)6-14/h4-5H,1-3,6H2,(H,11,15). The Morgan fingerprint density at radius 3 is 2.87 bits per heavy atom. The summed E-state index contributed by atoms with van der Waals surface area (Å²) < 4.78 is 0. The molecule has 0 spiro atoms. The first kappa shape index (κ1) is 10.2. The van der Waals surface area contributed by atoms with Crippen molar-refractivity contribution in [2.75, 3.05) is 24.5 Å². The maximum Gasteiger partial charge on any atom is 0.239 e. The second-order valence-corrected chi connectivity index (χ2v) is 3.76. The minimum absolute atomic E-state index is 0.00560. The van der Waals surface area contributed by atoms with Gasteiger partial charge in [0.2, 0.25) is 11.9 Å². The number of hydrogen-bond acceptors (Lipinski definition) is 4. The average molecular weight is 227 g/mol. The van der Waals surface area contributed by atoms with E-state index < -0.39 is 0 Å². The van der Waals surface area contributed by atoms with E-state index in [2.05, 4.69) is 15.3 Å². The minimum atomic E-state index is 0.00560. The third-order valence-corrected chi connectivity index (χ3v) is 2.35. The third-order valence-electron chi connectivity index (χ3n) is 2.15. The number of nitrogens with zero attached hydrogens (tertiary/aromatic N) is 3. The lowest BCUT2D eigenvalue weighted by atomic mass is 10.4. The molecule has 1 aromatic rings. The van der Waals surface area contributed by atoms with E-state index in [0.717, 1.165) is 13.0 Å². The highest BCUT2D eigenvalue weighted by Gasteiger charge is 2.16. The fraction of sp³-hybridized carbons (Fsp3) is 0.444. The van der Waals surface area contributed by atoms with Gasteiger partial charge >= 0.3 is 0 Å². The molecule has 2 heterocycles. The number of aromatic nitrogens is 2. The average Bonchev–Trinajstić information content (AvgIpc) is 2.44. The first-order chi connectivity index (χ1) is 7.25. The lowest BCUT2D eigenvalue weighted by Crippen LogP contribution is -2.33. The molecular weight excluding hydrogens is 216 g/mol. The van der Waals surface area contributed by atoms with E-state index >= 15 is 0 Å². The van der Waals surface area contributed by atoms with Crippen LogP contribution >= 0.6 is 11.6 Å². The number of nitrogens with one attached hydrogen (secondary N) is 1. The van der Waals surface area contributed by atoms with Gasteiger partial charge in [0, 0.05) is 13.1 Å². The Morgan fingerprint density at radius 2 is 2.13 bits per heavy atom. The van der Waals surface area contributed by atoms with Gasteiger partial charge in [-0.2, -0.15) is 0 Å². The van der Waals surface area contributed by atoms with Crippen LogP contribution in [-0.2, 0) is 4.79 Å². The van der Waals surface area contributed by atoms with Crippen molar-refractivity contribution in [3.63, 3.8) is 0 Å². The molecule has 0 unspecified atom stereocenters. The van der Waals surface area contributed by atoms with E-state index in [-0.39, 0.29) is 5.91 Å². The molecule has 1 aromatic heterocycles. The summed E-state index contributed by atoms with van der Waals surface area (Å²) in [5.74, 6) is 0.558. The van der Waals surface area contributed by atoms with Crippen LogP contribution in [0.1, 0.15) is 6.42 Å². The van der Waals surface area contributed by atoms with E-state index in [0.29, 0.717) is 24.1 Å². The van der Waals surface area contributed by atoms with Gasteiger partial charge in [0.15, 0.2) is 0 Å². The molecule has 1 amide bonds. The molecule has 0 atom stereocenters. The van der Waals surface area contributed by atoms with Crippen molar-refractivity contribution in [2.45, 2.75) is 6.42 Å². The zero-order chi connectivity index (χ0) is 10.7. The van der Waals surface area contributed by atoms with Crippen molar-refractivity contribution in [1.29, 1.82) is 0 Å². The van der Waals surface area contributed by atoms with Crippen LogP contribution in [0.5, 0.6) is 0 Å². The highest BCUT2D eigenvalue weighted by Crippen LogP contribution is 2.11. The third kappa shape index (κ3) is 2.56. The van der Waals surface area contributed by atoms with Gasteiger partial charge in [0.25, 0.3) is 0 Å². The summed E-state index contributed by atoms with van der Waals surface area (Å²) in [5, 5.41) is 3.29. The number of halogens is 1. The van der Waals surface area contributed by atoms with E-state index in [4.69, 9.17) is 11.6 Å². The summed E-state index contributed by atoms with van der Waals surface area (Å²) in [6, 6.07) is 0. The first-order valence-corrected chi connectivity index (χ1v) is 5.13. The number of hydrogen-bond donors (Lipinski definition) is 1. The van der Waals surface area contributed by atoms with Gasteiger partial charge in [-0.1, -0.05) is 11.6 Å². The SMILES string of the molecule is O=C1CN(c2ncc(Cl)cn2)CCCN1. The summed E-state index contributed by atoms with van der Waals surface area (Å²) in [4.78, 5) is 21.3. The van der Waals surface area contributed by atoms with Crippen LogP contribution < -0.4 is 10.2 Å². The highest BCUT2D eigenvalue weighted by atomic mass is 35.5. The molecule has 0 radical (unpaired) electrons. The molecule has 0 saturated carbocycles. The smallest absolute Gasteiger partial charge is 0.239 e. The van der Waals surface area contributed by atoms with Gasteiger partial charge in [-0.3, -0.25) is 4.79 Å². The Morgan fingerprint density at radius 1 is 1.40 bits per heavy atom. The van der Waals surface area contributed by atoms with Crippen molar-refractivity contribution in [3.05, 3.63) is 17.4 Å². The molecule has 0 bridgehead atoms. The molecule has 80 valence electrons. The van der Waals surface area contributed by atoms with Crippen LogP contribution in [-0.4, -0.2) is 35.5 Å². The Bertz CT molecular complexity index is 354. The van der Waals surface area contributed by atoms with Crippen molar-refractivity contribution in [2.24, 2.45) is 0 Å². The summed E-state index contributed by atoms with van der Waals surface area (Å²) in [6.07, 6.45) is 3.97. The second-order valence-electron chi connectivity index (χ2n) is 3.33. The molecule has 1 aliphatic heterocycles. The number of amides is 1. The maximum atomic E-state index is 11.3. The molecule has 0 aromatic carbocycles. The van der Waals surface area contributed by atoms with Gasteiger partial charge in [-0.05, 0) is 6.42 Å². The largest absolute Gasteiger partial charge is 0.354 e. The van der Waals surface area contributed by atoms with E-state index in [1.54, 1.807) is 0 Å². The summed E-state index contributed by atoms with van der Waals surface area (Å²) in [6.45, 7) is 1.80. The van der Waals surface area contributed by atoms with Crippen molar-refractivity contribution in [3.8, 4) is 0 Å². The van der Waals surface area contributed by atoms with Gasteiger partial charge in [0.1, 0.15) is 0 Å². The van der Waals surface area contributed by atoms with Crippen LogP contribution in [0.15, 0.2) is 12.4 Å². The number of anilines is 1. The zero-order valence-corrected chi connectivity index (χ0v) is 8.87. The predicted octanol–water partition coefficient (Wildman–Crippen LogP) is 0.456. The first-order valence-electron chi connectivity index (χ1n) is 4.75. The van der Waals surface area contributed by atoms with Gasteiger partial charge in [-0.15, -0.1) is 0 Å². The van der Waals surface area contributed by atoms with Crippen LogP contribution in [0.4, 0.5) is 5.95 Å². The number of carbonyl (C=O) groups excluding carboxylic acids is 1. The monoisotopic (exact) mass is 226 g/mol. The zero-order valence-electron chi connectivity index (χ0n) is 8.11. The Balaban J connectivity index is 2.14. The molecule has 1 aliphatic rings. The number of carbonyl (C=O) groups is 1. The Hall–Kier alpha value is -1.36. The number of rotatable bonds is 1. The van der Waals surface area contributed by atoms with Crippen LogP contribution in [0, 0.1) is 0 Å². The molecule has 6 heteroatoms. The van der Waals surface area contributed by atoms with Crippen LogP contribution in [0.2, 0.25) is 5.02 Å². The molecule has 1 fully saturated rings. The van der Waals surface area contributed by atoms with Gasteiger partial charge in [0.05, 0.1) is 24.0 Å². The lowest BCUT2D eigenvalue weighted by molar-refractivity contribution is -0.119. The normalized spacial score (nSPS) is 17.1. The molecular formula is C9H11ClN4O. The maximum absolute atomic E-state index is 11.3. The van der Waals surface area contributed by atoms with Gasteiger partial charge < -0.3 is 10.2 Å². The topological polar surface area (TPSA) is 58.1 Å². The Labute approximate surface area is 92.5 Å². The lowest BCUT2D eigenvalue weighted by Gasteiger charge is -2.18. The fourth-order valence-electron chi connectivity index (χ4n) is 1.45. The molecule has 5 nitrogen and oxygen atoms in total.